The lowest BCUT2D eigenvalue weighted by molar-refractivity contribution is -0.164. The second kappa shape index (κ2) is 5.37. The van der Waals surface area contributed by atoms with Crippen molar-refractivity contribution in [1.29, 1.82) is 0 Å². The first-order valence-corrected chi connectivity index (χ1v) is 6.01. The Kier molecular flexibility index (Phi) is 4.32. The van der Waals surface area contributed by atoms with Gasteiger partial charge in [-0.1, -0.05) is 0 Å². The maximum atomic E-state index is 12.4. The van der Waals surface area contributed by atoms with Crippen molar-refractivity contribution in [2.45, 2.75) is 32.7 Å². The molecular formula is C12H20N2O4. The molecule has 1 unspecified atom stereocenters. The minimum atomic E-state index is -1.13. The third-order valence-electron chi connectivity index (χ3n) is 3.42. The minimum Gasteiger partial charge on any atom is -0.469 e. The van der Waals surface area contributed by atoms with Crippen molar-refractivity contribution in [3.05, 3.63) is 0 Å². The molecule has 2 amide bonds. The van der Waals surface area contributed by atoms with Gasteiger partial charge in [0.2, 0.25) is 11.8 Å². The first kappa shape index (κ1) is 14.5. The zero-order valence-electron chi connectivity index (χ0n) is 11.4. The normalized spacial score (nSPS) is 24.1. The molecule has 1 fully saturated rings. The molecule has 0 N–H and O–H groups in total. The summed E-state index contributed by atoms with van der Waals surface area (Å²) in [6.45, 7) is 6.43. The van der Waals surface area contributed by atoms with Crippen molar-refractivity contribution in [1.82, 2.24) is 9.80 Å². The number of methoxy groups -OCH3 is 1. The number of likely N-dealkylation sites (N-methyl/N-ethyl adjacent to an activating group) is 1. The van der Waals surface area contributed by atoms with Crippen molar-refractivity contribution < 1.29 is 19.1 Å². The van der Waals surface area contributed by atoms with Gasteiger partial charge in [-0.05, 0) is 13.8 Å². The van der Waals surface area contributed by atoms with Crippen molar-refractivity contribution in [3.63, 3.8) is 0 Å². The summed E-state index contributed by atoms with van der Waals surface area (Å²) in [5, 5.41) is 0. The Morgan fingerprint density at radius 2 is 2.00 bits per heavy atom. The number of ether oxygens (including phenoxy) is 1. The van der Waals surface area contributed by atoms with Crippen LogP contribution in [0.5, 0.6) is 0 Å². The Morgan fingerprint density at radius 1 is 1.39 bits per heavy atom. The average Bonchev–Trinajstić information content (AvgIpc) is 2.32. The van der Waals surface area contributed by atoms with E-state index in [0.717, 1.165) is 0 Å². The van der Waals surface area contributed by atoms with Crippen LogP contribution in [0.25, 0.3) is 0 Å². The number of hydrogen-bond donors (Lipinski definition) is 0. The van der Waals surface area contributed by atoms with E-state index in [1.54, 1.807) is 11.8 Å². The van der Waals surface area contributed by atoms with E-state index in [2.05, 4.69) is 4.74 Å². The summed E-state index contributed by atoms with van der Waals surface area (Å²) < 4.78 is 4.62. The average molecular weight is 256 g/mol. The molecule has 6 nitrogen and oxygen atoms in total. The highest BCUT2D eigenvalue weighted by Crippen LogP contribution is 2.27. The summed E-state index contributed by atoms with van der Waals surface area (Å²) in [6.07, 6.45) is -0.113. The van der Waals surface area contributed by atoms with Crippen LogP contribution in [0.2, 0.25) is 0 Å². The molecule has 6 heteroatoms. The van der Waals surface area contributed by atoms with Gasteiger partial charge in [0.1, 0.15) is 5.54 Å². The number of hydrogen-bond acceptors (Lipinski definition) is 4. The highest BCUT2D eigenvalue weighted by Gasteiger charge is 2.48. The number of nitrogens with zero attached hydrogens (tertiary/aromatic N) is 2. The van der Waals surface area contributed by atoms with Gasteiger partial charge < -0.3 is 14.5 Å². The molecule has 1 rings (SSSR count). The van der Waals surface area contributed by atoms with Gasteiger partial charge >= 0.3 is 5.97 Å². The van der Waals surface area contributed by atoms with E-state index in [0.29, 0.717) is 19.6 Å². The minimum absolute atomic E-state index is 0.113. The summed E-state index contributed by atoms with van der Waals surface area (Å²) in [5.41, 5.74) is -1.13. The predicted octanol–water partition coefficient (Wildman–Crippen LogP) is 0.0188. The Bertz CT molecular complexity index is 369. The van der Waals surface area contributed by atoms with E-state index in [1.165, 1.54) is 18.9 Å². The summed E-state index contributed by atoms with van der Waals surface area (Å²) in [6, 6.07) is 0. The first-order valence-electron chi connectivity index (χ1n) is 6.01. The molecule has 0 radical (unpaired) electrons. The predicted molar refractivity (Wildman–Crippen MR) is 64.7 cm³/mol. The monoisotopic (exact) mass is 256 g/mol. The van der Waals surface area contributed by atoms with E-state index in [-0.39, 0.29) is 18.2 Å². The van der Waals surface area contributed by atoms with Gasteiger partial charge in [0.05, 0.1) is 13.5 Å². The van der Waals surface area contributed by atoms with Crippen LogP contribution in [0.1, 0.15) is 27.2 Å². The fraction of sp³-hybridized carbons (Fsp3) is 0.750. The standard InChI is InChI=1S/C12H20N2O4/c1-5-13-6-7-14(9(2)15)12(3,11(13)17)8-10(16)18-4/h5-8H2,1-4H3. The van der Waals surface area contributed by atoms with E-state index in [4.69, 9.17) is 0 Å². The van der Waals surface area contributed by atoms with Crippen molar-refractivity contribution in [3.8, 4) is 0 Å². The first-order chi connectivity index (χ1) is 8.36. The lowest BCUT2D eigenvalue weighted by Gasteiger charge is -2.46. The van der Waals surface area contributed by atoms with Crippen LogP contribution in [0.4, 0.5) is 0 Å². The van der Waals surface area contributed by atoms with Crippen LogP contribution in [-0.2, 0) is 19.1 Å². The second-order valence-corrected chi connectivity index (χ2v) is 4.58. The van der Waals surface area contributed by atoms with Crippen molar-refractivity contribution in [2.75, 3.05) is 26.7 Å². The quantitative estimate of drug-likeness (QED) is 0.668. The molecule has 1 heterocycles. The third-order valence-corrected chi connectivity index (χ3v) is 3.42. The van der Waals surface area contributed by atoms with E-state index in [9.17, 15) is 14.4 Å². The largest absolute Gasteiger partial charge is 0.469 e. The van der Waals surface area contributed by atoms with E-state index < -0.39 is 11.5 Å². The molecule has 0 aliphatic carbocycles. The molecule has 1 atom stereocenters. The molecule has 102 valence electrons. The van der Waals surface area contributed by atoms with Crippen LogP contribution >= 0.6 is 0 Å². The van der Waals surface area contributed by atoms with Gasteiger partial charge in [0.15, 0.2) is 0 Å². The number of esters is 1. The number of carbonyl (C=O) groups is 3. The molecule has 1 aliphatic heterocycles. The highest BCUT2D eigenvalue weighted by atomic mass is 16.5. The van der Waals surface area contributed by atoms with Crippen LogP contribution in [0, 0.1) is 0 Å². The SMILES string of the molecule is CCN1CCN(C(C)=O)C(C)(CC(=O)OC)C1=O. The van der Waals surface area contributed by atoms with Crippen LogP contribution in [0.15, 0.2) is 0 Å². The molecule has 0 aromatic heterocycles. The van der Waals surface area contributed by atoms with Crippen LogP contribution in [-0.4, -0.2) is 59.9 Å². The summed E-state index contributed by atoms with van der Waals surface area (Å²) >= 11 is 0. The molecule has 1 aliphatic rings. The fourth-order valence-corrected chi connectivity index (χ4v) is 2.36. The fourth-order valence-electron chi connectivity index (χ4n) is 2.36. The van der Waals surface area contributed by atoms with E-state index in [1.807, 2.05) is 6.92 Å². The highest BCUT2D eigenvalue weighted by molar-refractivity contribution is 5.95. The maximum Gasteiger partial charge on any atom is 0.308 e. The number of amides is 2. The lowest BCUT2D eigenvalue weighted by Crippen LogP contribution is -2.66. The Balaban J connectivity index is 3.05. The van der Waals surface area contributed by atoms with Gasteiger partial charge in [-0.3, -0.25) is 14.4 Å². The van der Waals surface area contributed by atoms with Gasteiger partial charge in [-0.15, -0.1) is 0 Å². The van der Waals surface area contributed by atoms with Crippen molar-refractivity contribution >= 4 is 17.8 Å². The van der Waals surface area contributed by atoms with Gasteiger partial charge in [0, 0.05) is 26.6 Å². The van der Waals surface area contributed by atoms with Gasteiger partial charge in [-0.25, -0.2) is 0 Å². The lowest BCUT2D eigenvalue weighted by atomic mass is 9.90. The Hall–Kier alpha value is -1.59. The number of piperazine rings is 1. The topological polar surface area (TPSA) is 66.9 Å². The van der Waals surface area contributed by atoms with E-state index >= 15 is 0 Å². The smallest absolute Gasteiger partial charge is 0.308 e. The van der Waals surface area contributed by atoms with Gasteiger partial charge in [-0.2, -0.15) is 0 Å². The molecule has 0 aromatic carbocycles. The molecule has 0 saturated carbocycles. The van der Waals surface area contributed by atoms with Crippen LogP contribution < -0.4 is 0 Å². The summed E-state index contributed by atoms with van der Waals surface area (Å²) in [7, 11) is 1.27. The van der Waals surface area contributed by atoms with Gasteiger partial charge in [0.25, 0.3) is 0 Å². The molecule has 0 spiro atoms. The third kappa shape index (κ3) is 2.47. The second-order valence-electron chi connectivity index (χ2n) is 4.58. The molecular weight excluding hydrogens is 236 g/mol. The van der Waals surface area contributed by atoms with Crippen molar-refractivity contribution in [2.24, 2.45) is 0 Å². The molecule has 1 saturated heterocycles. The maximum absolute atomic E-state index is 12.4. The summed E-state index contributed by atoms with van der Waals surface area (Å²) in [4.78, 5) is 38.6. The Labute approximate surface area is 107 Å². The molecule has 0 aromatic rings. The molecule has 18 heavy (non-hydrogen) atoms. The zero-order chi connectivity index (χ0) is 13.9. The summed E-state index contributed by atoms with van der Waals surface area (Å²) in [5.74, 6) is -0.891. The number of rotatable bonds is 3. The van der Waals surface area contributed by atoms with Crippen LogP contribution in [0.3, 0.4) is 0 Å². The zero-order valence-corrected chi connectivity index (χ0v) is 11.4. The number of carbonyl (C=O) groups excluding carboxylic acids is 3. The molecule has 0 bridgehead atoms. The Morgan fingerprint density at radius 3 is 2.44 bits per heavy atom.